The van der Waals surface area contributed by atoms with E-state index in [1.165, 1.54) is 12.1 Å². The Kier molecular flexibility index (Phi) is 6.81. The molecule has 8 nitrogen and oxygen atoms in total. The Hall–Kier alpha value is -3.88. The lowest BCUT2D eigenvalue weighted by atomic mass is 10.1. The fourth-order valence-corrected chi connectivity index (χ4v) is 3.96. The monoisotopic (exact) mass is 466 g/mol. The molecule has 0 radical (unpaired) electrons. The minimum absolute atomic E-state index is 0.102. The highest BCUT2D eigenvalue weighted by Gasteiger charge is 2.24. The van der Waals surface area contributed by atoms with Gasteiger partial charge in [-0.05, 0) is 48.9 Å². The Bertz CT molecular complexity index is 1170. The molecule has 0 spiro atoms. The third kappa shape index (κ3) is 4.59. The summed E-state index contributed by atoms with van der Waals surface area (Å²) in [5, 5.41) is 0. The molecule has 0 unspecified atom stereocenters. The van der Waals surface area contributed by atoms with Crippen molar-refractivity contribution in [1.82, 2.24) is 14.9 Å². The van der Waals surface area contributed by atoms with Gasteiger partial charge in [-0.1, -0.05) is 0 Å². The van der Waals surface area contributed by atoms with Gasteiger partial charge in [-0.25, -0.2) is 14.4 Å². The number of aromatic nitrogens is 2. The maximum Gasteiger partial charge on any atom is 0.253 e. The summed E-state index contributed by atoms with van der Waals surface area (Å²) in [7, 11) is 4.70. The van der Waals surface area contributed by atoms with Gasteiger partial charge in [0.1, 0.15) is 5.82 Å². The van der Waals surface area contributed by atoms with Gasteiger partial charge in [-0.3, -0.25) is 4.79 Å². The molecule has 2 aromatic carbocycles. The van der Waals surface area contributed by atoms with Crippen LogP contribution in [0.2, 0.25) is 0 Å². The van der Waals surface area contributed by atoms with Crippen LogP contribution >= 0.6 is 0 Å². The number of amides is 1. The predicted molar refractivity (Wildman–Crippen MR) is 126 cm³/mol. The van der Waals surface area contributed by atoms with Crippen molar-refractivity contribution in [3.63, 3.8) is 0 Å². The largest absolute Gasteiger partial charge is 0.493 e. The molecule has 4 rings (SSSR count). The number of ether oxygens (including phenoxy) is 3. The number of rotatable bonds is 6. The Balaban J connectivity index is 1.50. The SMILES string of the molecule is COc1cc(-c2ccnc(N3CCN(C(=O)c4ccc(F)c(C)c4)CC3)n2)cc(OC)c1OC. The van der Waals surface area contributed by atoms with E-state index in [9.17, 15) is 9.18 Å². The zero-order chi connectivity index (χ0) is 24.2. The molecular formula is C25H27FN4O4. The number of hydrogen-bond acceptors (Lipinski definition) is 7. The van der Waals surface area contributed by atoms with E-state index < -0.39 is 0 Å². The van der Waals surface area contributed by atoms with Crippen LogP contribution in [-0.4, -0.2) is 68.3 Å². The number of piperazine rings is 1. The fraction of sp³-hybridized carbons (Fsp3) is 0.320. The average molecular weight is 467 g/mol. The van der Waals surface area contributed by atoms with Crippen LogP contribution in [-0.2, 0) is 0 Å². The van der Waals surface area contributed by atoms with Crippen LogP contribution in [0.25, 0.3) is 11.3 Å². The van der Waals surface area contributed by atoms with Crippen molar-refractivity contribution in [2.45, 2.75) is 6.92 Å². The standard InChI is InChI=1S/C25H27FN4O4/c1-16-13-17(5-6-19(16)26)24(31)29-9-11-30(12-10-29)25-27-8-7-20(28-25)18-14-21(32-2)23(34-4)22(15-18)33-3/h5-8,13-15H,9-12H2,1-4H3. The zero-order valence-corrected chi connectivity index (χ0v) is 19.7. The van der Waals surface area contributed by atoms with Gasteiger partial charge in [0, 0.05) is 43.5 Å². The number of aryl methyl sites for hydroxylation is 1. The minimum Gasteiger partial charge on any atom is -0.493 e. The number of benzene rings is 2. The number of hydrogen-bond donors (Lipinski definition) is 0. The topological polar surface area (TPSA) is 77.0 Å². The molecule has 0 N–H and O–H groups in total. The van der Waals surface area contributed by atoms with Gasteiger partial charge in [-0.15, -0.1) is 0 Å². The first-order valence-electron chi connectivity index (χ1n) is 10.9. The van der Waals surface area contributed by atoms with Crippen molar-refractivity contribution in [2.24, 2.45) is 0 Å². The Labute approximate surface area is 197 Å². The van der Waals surface area contributed by atoms with Gasteiger partial charge in [-0.2, -0.15) is 0 Å². The van der Waals surface area contributed by atoms with E-state index in [1.54, 1.807) is 45.4 Å². The molecule has 0 bridgehead atoms. The summed E-state index contributed by atoms with van der Waals surface area (Å²) in [6.07, 6.45) is 1.71. The van der Waals surface area contributed by atoms with Crippen LogP contribution in [0.3, 0.4) is 0 Å². The van der Waals surface area contributed by atoms with Crippen molar-refractivity contribution >= 4 is 11.9 Å². The van der Waals surface area contributed by atoms with Gasteiger partial charge >= 0.3 is 0 Å². The van der Waals surface area contributed by atoms with Crippen LogP contribution in [0, 0.1) is 12.7 Å². The fourth-order valence-electron chi connectivity index (χ4n) is 3.96. The van der Waals surface area contributed by atoms with Crippen molar-refractivity contribution in [1.29, 1.82) is 0 Å². The summed E-state index contributed by atoms with van der Waals surface area (Å²) in [5.74, 6) is 1.76. The highest BCUT2D eigenvalue weighted by molar-refractivity contribution is 5.94. The van der Waals surface area contributed by atoms with Crippen molar-refractivity contribution in [3.05, 3.63) is 59.5 Å². The van der Waals surface area contributed by atoms with Crippen LogP contribution < -0.4 is 19.1 Å². The molecule has 1 amide bonds. The van der Waals surface area contributed by atoms with Gasteiger partial charge in [0.2, 0.25) is 11.7 Å². The molecule has 9 heteroatoms. The average Bonchev–Trinajstić information content (AvgIpc) is 2.89. The highest BCUT2D eigenvalue weighted by atomic mass is 19.1. The number of carbonyl (C=O) groups is 1. The number of methoxy groups -OCH3 is 3. The third-order valence-electron chi connectivity index (χ3n) is 5.86. The normalized spacial score (nSPS) is 13.6. The molecule has 3 aromatic rings. The summed E-state index contributed by atoms with van der Waals surface area (Å²) < 4.78 is 29.9. The van der Waals surface area contributed by atoms with E-state index in [2.05, 4.69) is 4.98 Å². The third-order valence-corrected chi connectivity index (χ3v) is 5.86. The summed E-state index contributed by atoms with van der Waals surface area (Å²) in [4.78, 5) is 25.8. The number of carbonyl (C=O) groups excluding carboxylic acids is 1. The Morgan fingerprint density at radius 2 is 1.62 bits per heavy atom. The minimum atomic E-state index is -0.314. The lowest BCUT2D eigenvalue weighted by molar-refractivity contribution is 0.0746. The molecule has 178 valence electrons. The van der Waals surface area contributed by atoms with Crippen LogP contribution in [0.5, 0.6) is 17.2 Å². The molecule has 1 fully saturated rings. The molecule has 2 heterocycles. The summed E-state index contributed by atoms with van der Waals surface area (Å²) in [5.41, 5.74) is 2.47. The molecule has 0 aliphatic carbocycles. The van der Waals surface area contributed by atoms with Crippen molar-refractivity contribution in [2.75, 3.05) is 52.4 Å². The number of anilines is 1. The van der Waals surface area contributed by atoms with Crippen LogP contribution in [0.4, 0.5) is 10.3 Å². The van der Waals surface area contributed by atoms with Gasteiger partial charge in [0.25, 0.3) is 5.91 Å². The van der Waals surface area contributed by atoms with E-state index in [1.807, 2.05) is 23.1 Å². The Morgan fingerprint density at radius 1 is 0.941 bits per heavy atom. The molecule has 1 aliphatic heterocycles. The first kappa shape index (κ1) is 23.3. The second-order valence-electron chi connectivity index (χ2n) is 7.90. The van der Waals surface area contributed by atoms with E-state index in [0.717, 1.165) is 5.56 Å². The summed E-state index contributed by atoms with van der Waals surface area (Å²) in [6, 6.07) is 9.96. The van der Waals surface area contributed by atoms with E-state index in [4.69, 9.17) is 19.2 Å². The first-order valence-corrected chi connectivity index (χ1v) is 10.9. The lowest BCUT2D eigenvalue weighted by Gasteiger charge is -2.35. The van der Waals surface area contributed by atoms with Crippen molar-refractivity contribution < 1.29 is 23.4 Å². The second kappa shape index (κ2) is 9.94. The molecule has 34 heavy (non-hydrogen) atoms. The van der Waals surface area contributed by atoms with Crippen LogP contribution in [0.1, 0.15) is 15.9 Å². The molecule has 0 atom stereocenters. The maximum atomic E-state index is 13.6. The maximum absolute atomic E-state index is 13.6. The van der Waals surface area contributed by atoms with E-state index in [0.29, 0.717) is 66.2 Å². The molecule has 1 aliphatic rings. The Morgan fingerprint density at radius 3 is 2.21 bits per heavy atom. The van der Waals surface area contributed by atoms with E-state index in [-0.39, 0.29) is 11.7 Å². The second-order valence-corrected chi connectivity index (χ2v) is 7.90. The summed E-state index contributed by atoms with van der Waals surface area (Å²) in [6.45, 7) is 3.87. The molecule has 0 saturated carbocycles. The highest BCUT2D eigenvalue weighted by Crippen LogP contribution is 2.40. The van der Waals surface area contributed by atoms with Gasteiger partial charge in [0.05, 0.1) is 27.0 Å². The van der Waals surface area contributed by atoms with Gasteiger partial charge in [0.15, 0.2) is 11.5 Å². The summed E-state index contributed by atoms with van der Waals surface area (Å²) >= 11 is 0. The number of halogens is 1. The number of nitrogens with zero attached hydrogens (tertiary/aromatic N) is 4. The smallest absolute Gasteiger partial charge is 0.253 e. The van der Waals surface area contributed by atoms with E-state index >= 15 is 0 Å². The quantitative estimate of drug-likeness (QED) is 0.550. The first-order chi connectivity index (χ1) is 16.4. The van der Waals surface area contributed by atoms with Gasteiger partial charge < -0.3 is 24.0 Å². The van der Waals surface area contributed by atoms with Crippen LogP contribution in [0.15, 0.2) is 42.6 Å². The predicted octanol–water partition coefficient (Wildman–Crippen LogP) is 3.58. The van der Waals surface area contributed by atoms with Crippen molar-refractivity contribution in [3.8, 4) is 28.5 Å². The molecular weight excluding hydrogens is 439 g/mol. The molecule has 1 aromatic heterocycles. The lowest BCUT2D eigenvalue weighted by Crippen LogP contribution is -2.49. The molecule has 1 saturated heterocycles. The zero-order valence-electron chi connectivity index (χ0n) is 19.7.